The molecule has 2 unspecified atom stereocenters. The molecule has 148 valence electrons. The Morgan fingerprint density at radius 2 is 1.32 bits per heavy atom. The van der Waals surface area contributed by atoms with Crippen LogP contribution in [0.3, 0.4) is 0 Å². The van der Waals surface area contributed by atoms with Crippen molar-refractivity contribution in [2.45, 2.75) is 103 Å². The molecule has 1 amide bonds. The van der Waals surface area contributed by atoms with Crippen LogP contribution < -0.4 is 5.73 Å². The molecule has 0 aliphatic rings. The van der Waals surface area contributed by atoms with Gasteiger partial charge in [-0.1, -0.05) is 58.8 Å². The first kappa shape index (κ1) is 23.9. The summed E-state index contributed by atoms with van der Waals surface area (Å²) in [6.45, 7) is 4.05. The van der Waals surface area contributed by atoms with Gasteiger partial charge in [0.1, 0.15) is 0 Å². The maximum absolute atomic E-state index is 11.6. The van der Waals surface area contributed by atoms with Gasteiger partial charge in [-0.05, 0) is 38.5 Å². The Balaban J connectivity index is 3.88. The van der Waals surface area contributed by atoms with E-state index in [9.17, 15) is 14.7 Å². The van der Waals surface area contributed by atoms with E-state index in [0.29, 0.717) is 12.8 Å². The lowest BCUT2D eigenvalue weighted by atomic mass is 9.92. The van der Waals surface area contributed by atoms with Crippen LogP contribution in [0.4, 0.5) is 0 Å². The number of rotatable bonds is 17. The van der Waals surface area contributed by atoms with E-state index in [-0.39, 0.29) is 23.8 Å². The van der Waals surface area contributed by atoms with Crippen LogP contribution in [-0.2, 0) is 9.59 Å². The van der Waals surface area contributed by atoms with Gasteiger partial charge in [0.25, 0.3) is 0 Å². The van der Waals surface area contributed by atoms with Crippen LogP contribution >= 0.6 is 0 Å². The minimum absolute atomic E-state index is 0.121. The number of hydrogen-bond acceptors (Lipinski definition) is 3. The van der Waals surface area contributed by atoms with Gasteiger partial charge in [-0.3, -0.25) is 9.59 Å². The van der Waals surface area contributed by atoms with Crippen molar-refractivity contribution in [2.24, 2.45) is 17.6 Å². The number of unbranched alkanes of at least 4 members (excludes halogenated alkanes) is 4. The largest absolute Gasteiger partial charge is 0.481 e. The molecule has 0 aromatic heterocycles. The summed E-state index contributed by atoms with van der Waals surface area (Å²) < 4.78 is 0. The smallest absolute Gasteiger partial charge is 0.306 e. The predicted octanol–water partition coefficient (Wildman–Crippen LogP) is 4.26. The number of carboxylic acid groups (broad SMARTS) is 1. The van der Waals surface area contributed by atoms with E-state index in [2.05, 4.69) is 6.92 Å². The third-order valence-electron chi connectivity index (χ3n) is 5.08. The van der Waals surface area contributed by atoms with Crippen LogP contribution in [0.5, 0.6) is 0 Å². The minimum Gasteiger partial charge on any atom is -0.481 e. The third-order valence-corrected chi connectivity index (χ3v) is 5.08. The molecule has 4 N–H and O–H groups in total. The molecule has 0 aliphatic carbocycles. The molecule has 25 heavy (non-hydrogen) atoms. The predicted molar refractivity (Wildman–Crippen MR) is 101 cm³/mol. The van der Waals surface area contributed by atoms with Crippen LogP contribution in [0.1, 0.15) is 97.3 Å². The first-order chi connectivity index (χ1) is 11.9. The van der Waals surface area contributed by atoms with Crippen molar-refractivity contribution in [1.82, 2.24) is 0 Å². The number of aliphatic hydroxyl groups is 1. The van der Waals surface area contributed by atoms with Gasteiger partial charge in [-0.25, -0.2) is 0 Å². The van der Waals surface area contributed by atoms with E-state index < -0.39 is 5.97 Å². The molecule has 0 aromatic rings. The standard InChI is InChI=1S/C20H39NO4/c1-3-5-7-14-18(22)15-10-13-17(19(21)23)12-9-6-8-11-16(4-2)20(24)25/h16-18,22H,3-15H2,1-2H3,(H2,21,23)(H,24,25)/t16?,17?,18-/m0/s1. The van der Waals surface area contributed by atoms with Gasteiger partial charge in [0.15, 0.2) is 0 Å². The maximum Gasteiger partial charge on any atom is 0.306 e. The van der Waals surface area contributed by atoms with Crippen molar-refractivity contribution in [3.63, 3.8) is 0 Å². The number of carbonyl (C=O) groups excluding carboxylic acids is 1. The van der Waals surface area contributed by atoms with Crippen molar-refractivity contribution >= 4 is 11.9 Å². The summed E-state index contributed by atoms with van der Waals surface area (Å²) in [4.78, 5) is 22.5. The number of amides is 1. The Bertz CT molecular complexity index is 360. The highest BCUT2D eigenvalue weighted by molar-refractivity contribution is 5.76. The second-order valence-electron chi connectivity index (χ2n) is 7.26. The molecule has 0 rings (SSSR count). The first-order valence-electron chi connectivity index (χ1n) is 10.1. The number of nitrogens with two attached hydrogens (primary N) is 1. The number of carboxylic acids is 1. The van der Waals surface area contributed by atoms with Gasteiger partial charge in [-0.15, -0.1) is 0 Å². The molecular formula is C20H39NO4. The lowest BCUT2D eigenvalue weighted by molar-refractivity contribution is -0.142. The number of aliphatic hydroxyl groups excluding tert-OH is 1. The van der Waals surface area contributed by atoms with Crippen LogP contribution in [0.2, 0.25) is 0 Å². The van der Waals surface area contributed by atoms with Crippen molar-refractivity contribution in [1.29, 1.82) is 0 Å². The van der Waals surface area contributed by atoms with Gasteiger partial charge in [0.05, 0.1) is 12.0 Å². The van der Waals surface area contributed by atoms with Gasteiger partial charge < -0.3 is 15.9 Å². The van der Waals surface area contributed by atoms with Crippen LogP contribution in [0, 0.1) is 11.8 Å². The minimum atomic E-state index is -0.713. The van der Waals surface area contributed by atoms with Crippen LogP contribution in [0.15, 0.2) is 0 Å². The molecule has 0 fully saturated rings. The van der Waals surface area contributed by atoms with Crippen molar-refractivity contribution in [2.75, 3.05) is 0 Å². The summed E-state index contributed by atoms with van der Waals surface area (Å²) in [5.74, 6) is -1.34. The fourth-order valence-corrected chi connectivity index (χ4v) is 3.26. The number of aliphatic carboxylic acids is 1. The van der Waals surface area contributed by atoms with E-state index in [0.717, 1.165) is 70.6 Å². The highest BCUT2D eigenvalue weighted by atomic mass is 16.4. The zero-order valence-electron chi connectivity index (χ0n) is 16.2. The topological polar surface area (TPSA) is 101 Å². The zero-order valence-corrected chi connectivity index (χ0v) is 16.2. The normalized spacial score (nSPS) is 14.8. The quantitative estimate of drug-likeness (QED) is 0.339. The molecule has 0 bridgehead atoms. The second-order valence-corrected chi connectivity index (χ2v) is 7.26. The Labute approximate surface area is 153 Å². The molecule has 0 radical (unpaired) electrons. The van der Waals surface area contributed by atoms with Crippen LogP contribution in [0.25, 0.3) is 0 Å². The Hall–Kier alpha value is -1.10. The van der Waals surface area contributed by atoms with E-state index in [4.69, 9.17) is 10.8 Å². The summed E-state index contributed by atoms with van der Waals surface area (Å²) in [6, 6.07) is 0. The van der Waals surface area contributed by atoms with E-state index in [1.165, 1.54) is 0 Å². The molecule has 5 heteroatoms. The highest BCUT2D eigenvalue weighted by Gasteiger charge is 2.17. The lowest BCUT2D eigenvalue weighted by Crippen LogP contribution is -2.23. The van der Waals surface area contributed by atoms with Crippen molar-refractivity contribution in [3.8, 4) is 0 Å². The molecule has 0 saturated carbocycles. The molecule has 0 spiro atoms. The molecule has 5 nitrogen and oxygen atoms in total. The van der Waals surface area contributed by atoms with Crippen molar-refractivity contribution < 1.29 is 19.8 Å². The van der Waals surface area contributed by atoms with Gasteiger partial charge in [0, 0.05) is 5.92 Å². The summed E-state index contributed by atoms with van der Waals surface area (Å²) in [6.07, 6.45) is 11.1. The molecule has 0 aromatic carbocycles. The Morgan fingerprint density at radius 1 is 0.800 bits per heavy atom. The summed E-state index contributed by atoms with van der Waals surface area (Å²) >= 11 is 0. The molecule has 0 heterocycles. The monoisotopic (exact) mass is 357 g/mol. The molecule has 0 saturated heterocycles. The molecule has 0 aliphatic heterocycles. The molecule has 3 atom stereocenters. The maximum atomic E-state index is 11.6. The average molecular weight is 358 g/mol. The number of primary amides is 1. The summed E-state index contributed by atoms with van der Waals surface area (Å²) in [5, 5.41) is 18.9. The Morgan fingerprint density at radius 3 is 1.84 bits per heavy atom. The number of hydrogen-bond donors (Lipinski definition) is 3. The first-order valence-corrected chi connectivity index (χ1v) is 10.1. The Kier molecular flexibility index (Phi) is 14.5. The lowest BCUT2D eigenvalue weighted by Gasteiger charge is -2.15. The third kappa shape index (κ3) is 12.9. The zero-order chi connectivity index (χ0) is 19.1. The average Bonchev–Trinajstić information content (AvgIpc) is 2.56. The SMILES string of the molecule is CCCCC[C@H](O)CCCC(CCCCCC(CC)C(=O)O)C(N)=O. The van der Waals surface area contributed by atoms with Gasteiger partial charge >= 0.3 is 5.97 Å². The van der Waals surface area contributed by atoms with Crippen molar-refractivity contribution in [3.05, 3.63) is 0 Å². The highest BCUT2D eigenvalue weighted by Crippen LogP contribution is 2.20. The van der Waals surface area contributed by atoms with E-state index in [1.807, 2.05) is 6.92 Å². The van der Waals surface area contributed by atoms with Crippen LogP contribution in [-0.4, -0.2) is 28.2 Å². The second kappa shape index (κ2) is 15.2. The van der Waals surface area contributed by atoms with E-state index >= 15 is 0 Å². The van der Waals surface area contributed by atoms with Gasteiger partial charge in [-0.2, -0.15) is 0 Å². The summed E-state index contributed by atoms with van der Waals surface area (Å²) in [5.41, 5.74) is 5.50. The van der Waals surface area contributed by atoms with E-state index in [1.54, 1.807) is 0 Å². The summed E-state index contributed by atoms with van der Waals surface area (Å²) in [7, 11) is 0. The fraction of sp³-hybridized carbons (Fsp3) is 0.900. The van der Waals surface area contributed by atoms with Gasteiger partial charge in [0.2, 0.25) is 5.91 Å². The molecular weight excluding hydrogens is 318 g/mol. The number of carbonyl (C=O) groups is 2. The fourth-order valence-electron chi connectivity index (χ4n) is 3.26.